The van der Waals surface area contributed by atoms with E-state index in [1.807, 2.05) is 0 Å². The minimum atomic E-state index is -4.25. The van der Waals surface area contributed by atoms with Crippen molar-refractivity contribution in [2.45, 2.75) is 0 Å². The van der Waals surface area contributed by atoms with E-state index in [4.69, 9.17) is 14.4 Å². The zero-order valence-electron chi connectivity index (χ0n) is 4.24. The van der Waals surface area contributed by atoms with Crippen molar-refractivity contribution in [3.8, 4) is 0 Å². The van der Waals surface area contributed by atoms with Crippen LogP contribution in [0.4, 0.5) is 0 Å². The number of rotatable bonds is 3. The summed E-state index contributed by atoms with van der Waals surface area (Å²) in [4.78, 5) is 24.4. The van der Waals surface area contributed by atoms with Crippen molar-refractivity contribution in [2.75, 3.05) is 6.61 Å². The first kappa shape index (κ1) is 12.7. The predicted molar refractivity (Wildman–Crippen MR) is 37.1 cm³/mol. The van der Waals surface area contributed by atoms with Crippen molar-refractivity contribution in [1.82, 2.24) is 0 Å². The fraction of sp³-hybridized carbons (Fsp3) is 0.333. The average Bonchev–Trinajstić information content (AvgIpc) is 1.59. The third-order valence-electron chi connectivity index (χ3n) is 0.395. The maximum atomic E-state index is 8.13. The van der Waals surface area contributed by atoms with Crippen LogP contribution in [0.2, 0.25) is 0 Å². The summed E-state index contributed by atoms with van der Waals surface area (Å²) in [5, 5.41) is 0. The van der Waals surface area contributed by atoms with Crippen molar-refractivity contribution in [2.24, 2.45) is 0 Å². The third kappa shape index (κ3) is 12.3. The quantitative estimate of drug-likeness (QED) is 0.335. The third-order valence-corrected chi connectivity index (χ3v) is 0.949. The van der Waals surface area contributed by atoms with E-state index in [9.17, 15) is 0 Å². The van der Waals surface area contributed by atoms with Gasteiger partial charge in [-0.1, -0.05) is 6.08 Å². The summed E-state index contributed by atoms with van der Waals surface area (Å²) in [6, 6.07) is 0. The van der Waals surface area contributed by atoms with E-state index < -0.39 is 9.05 Å². The van der Waals surface area contributed by atoms with Crippen LogP contribution < -0.4 is 0 Å². The molecule has 0 spiro atoms. The molecule has 0 aromatic rings. The zero-order chi connectivity index (χ0) is 6.62. The molecular formula is C3H10CaO4Si. The van der Waals surface area contributed by atoms with E-state index in [2.05, 4.69) is 11.0 Å². The van der Waals surface area contributed by atoms with Crippen LogP contribution in [0.15, 0.2) is 12.7 Å². The van der Waals surface area contributed by atoms with E-state index in [1.54, 1.807) is 0 Å². The summed E-state index contributed by atoms with van der Waals surface area (Å²) in [5.41, 5.74) is 0. The Morgan fingerprint density at radius 3 is 2.00 bits per heavy atom. The van der Waals surface area contributed by atoms with Gasteiger partial charge in [0, 0.05) is 0 Å². The van der Waals surface area contributed by atoms with Gasteiger partial charge >= 0.3 is 46.8 Å². The van der Waals surface area contributed by atoms with Gasteiger partial charge < -0.3 is 18.8 Å². The van der Waals surface area contributed by atoms with E-state index in [0.29, 0.717) is 0 Å². The molecule has 0 atom stereocenters. The Morgan fingerprint density at radius 1 is 1.44 bits per heavy atom. The second-order valence-electron chi connectivity index (χ2n) is 1.17. The molecule has 0 aliphatic heterocycles. The molecule has 3 N–H and O–H groups in total. The molecule has 0 bridgehead atoms. The van der Waals surface area contributed by atoms with Gasteiger partial charge in [-0.25, -0.2) is 0 Å². The molecule has 0 unspecified atom stereocenters. The molecule has 0 aliphatic carbocycles. The first-order valence-corrected chi connectivity index (χ1v) is 3.73. The molecule has 0 saturated carbocycles. The fourth-order valence-corrected chi connectivity index (χ4v) is 0.512. The van der Waals surface area contributed by atoms with Gasteiger partial charge in [0.2, 0.25) is 0 Å². The Morgan fingerprint density at radius 2 is 1.89 bits per heavy atom. The van der Waals surface area contributed by atoms with Gasteiger partial charge in [0.05, 0.1) is 6.61 Å². The summed E-state index contributed by atoms with van der Waals surface area (Å²) in [6.07, 6.45) is 1.31. The van der Waals surface area contributed by atoms with Crippen LogP contribution in [0.3, 0.4) is 0 Å². The van der Waals surface area contributed by atoms with Gasteiger partial charge in [-0.15, -0.1) is 6.58 Å². The summed E-state index contributed by atoms with van der Waals surface area (Å²) < 4.78 is 4.07. The normalized spacial score (nSPS) is 10.1. The van der Waals surface area contributed by atoms with Crippen molar-refractivity contribution in [1.29, 1.82) is 0 Å². The van der Waals surface area contributed by atoms with Gasteiger partial charge in [-0.2, -0.15) is 0 Å². The SMILES string of the molecule is C=CCO[Si](O)(O)O.[CaH2]. The number of hydrogen-bond donors (Lipinski definition) is 3. The molecule has 4 nitrogen and oxygen atoms in total. The second-order valence-corrected chi connectivity index (χ2v) is 2.61. The van der Waals surface area contributed by atoms with Crippen LogP contribution in [-0.4, -0.2) is 67.8 Å². The van der Waals surface area contributed by atoms with Gasteiger partial charge in [0.15, 0.2) is 0 Å². The monoisotopic (exact) mass is 178 g/mol. The van der Waals surface area contributed by atoms with Crippen LogP contribution in [0.25, 0.3) is 0 Å². The second kappa shape index (κ2) is 5.81. The van der Waals surface area contributed by atoms with E-state index in [0.717, 1.165) is 0 Å². The van der Waals surface area contributed by atoms with Crippen molar-refractivity contribution >= 4 is 46.8 Å². The molecule has 0 amide bonds. The minimum absolute atomic E-state index is 0. The molecule has 0 fully saturated rings. The molecule has 0 rings (SSSR count). The van der Waals surface area contributed by atoms with Gasteiger partial charge in [-0.3, -0.25) is 0 Å². The van der Waals surface area contributed by atoms with Crippen LogP contribution in [0.1, 0.15) is 0 Å². The Hall–Kier alpha value is 1.06. The van der Waals surface area contributed by atoms with Crippen molar-refractivity contribution in [3.05, 3.63) is 12.7 Å². The zero-order valence-corrected chi connectivity index (χ0v) is 5.24. The van der Waals surface area contributed by atoms with E-state index in [1.165, 1.54) is 6.08 Å². The predicted octanol–water partition coefficient (Wildman–Crippen LogP) is -2.31. The summed E-state index contributed by atoms with van der Waals surface area (Å²) in [6.45, 7) is 3.18. The average molecular weight is 178 g/mol. The van der Waals surface area contributed by atoms with Crippen LogP contribution in [0, 0.1) is 0 Å². The van der Waals surface area contributed by atoms with Gasteiger partial charge in [-0.05, 0) is 0 Å². The van der Waals surface area contributed by atoms with Crippen LogP contribution in [-0.2, 0) is 4.43 Å². The topological polar surface area (TPSA) is 69.9 Å². The fourth-order valence-electron chi connectivity index (χ4n) is 0.171. The van der Waals surface area contributed by atoms with Crippen LogP contribution in [0.5, 0.6) is 0 Å². The van der Waals surface area contributed by atoms with E-state index >= 15 is 0 Å². The molecule has 52 valence electrons. The molecule has 0 radical (unpaired) electrons. The Bertz CT molecular complexity index is 80.4. The molecule has 0 aliphatic rings. The summed E-state index contributed by atoms with van der Waals surface area (Å²) in [5.74, 6) is 0. The van der Waals surface area contributed by atoms with Crippen LogP contribution >= 0.6 is 0 Å². The first-order chi connectivity index (χ1) is 3.56. The molecule has 0 saturated heterocycles. The van der Waals surface area contributed by atoms with Gasteiger partial charge in [0.25, 0.3) is 0 Å². The molecule has 0 aromatic heterocycles. The Kier molecular flexibility index (Phi) is 8.21. The molecular weight excluding hydrogens is 168 g/mol. The van der Waals surface area contributed by atoms with Crippen molar-refractivity contribution < 1.29 is 18.8 Å². The molecule has 9 heavy (non-hydrogen) atoms. The Balaban J connectivity index is 0. The van der Waals surface area contributed by atoms with Crippen molar-refractivity contribution in [3.63, 3.8) is 0 Å². The standard InChI is InChI=1S/C3H8O4Si.Ca.2H/c1-2-3-7-8(4,5)6;;;/h2,4-6H,1,3H2;;;. The van der Waals surface area contributed by atoms with E-state index in [-0.39, 0.29) is 44.3 Å². The molecule has 6 heteroatoms. The maximum absolute atomic E-state index is 8.13. The van der Waals surface area contributed by atoms with Gasteiger partial charge in [0.1, 0.15) is 0 Å². The summed E-state index contributed by atoms with van der Waals surface area (Å²) >= 11 is 0. The molecule has 0 heterocycles. The Labute approximate surface area is 84.3 Å². The first-order valence-electron chi connectivity index (χ1n) is 1.98. The number of hydrogen-bond acceptors (Lipinski definition) is 4. The molecule has 0 aromatic carbocycles. The summed E-state index contributed by atoms with van der Waals surface area (Å²) in [7, 11) is -4.25.